The van der Waals surface area contributed by atoms with Gasteiger partial charge in [-0.1, -0.05) is 37.6 Å². The Balaban J connectivity index is 2.03. The van der Waals surface area contributed by atoms with E-state index < -0.39 is 41.2 Å². The van der Waals surface area contributed by atoms with Crippen LogP contribution in [0, 0.1) is 0 Å². The second kappa shape index (κ2) is 10.0. The van der Waals surface area contributed by atoms with Crippen molar-refractivity contribution < 1.29 is 35.9 Å². The maximum Gasteiger partial charge on any atom is 0.416 e. The van der Waals surface area contributed by atoms with Crippen LogP contribution in [0.5, 0.6) is 0 Å². The molecule has 0 heterocycles. The number of hydrogen-bond acceptors (Lipinski definition) is 2. The van der Waals surface area contributed by atoms with E-state index in [1.165, 1.54) is 0 Å². The van der Waals surface area contributed by atoms with Gasteiger partial charge >= 0.3 is 12.4 Å². The zero-order valence-corrected chi connectivity index (χ0v) is 18.5. The number of ether oxygens (including phenoxy) is 1. The number of amides is 1. The lowest BCUT2D eigenvalue weighted by Gasteiger charge is -2.19. The van der Waals surface area contributed by atoms with E-state index in [-0.39, 0.29) is 11.6 Å². The largest absolute Gasteiger partial charge is 0.416 e. The summed E-state index contributed by atoms with van der Waals surface area (Å²) in [5, 5.41) is 3.73. The molecule has 0 unspecified atom stereocenters. The number of fused-ring (bicyclic) bond motifs is 1. The molecule has 1 N–H and O–H groups in total. The third-order valence-corrected chi connectivity index (χ3v) is 5.31. The number of benzene rings is 3. The van der Waals surface area contributed by atoms with Gasteiger partial charge in [0.15, 0.2) is 0 Å². The average Bonchev–Trinajstić information content (AvgIpc) is 2.76. The molecule has 0 aliphatic carbocycles. The van der Waals surface area contributed by atoms with Crippen molar-refractivity contribution in [3.63, 3.8) is 0 Å². The van der Waals surface area contributed by atoms with Crippen molar-refractivity contribution in [2.24, 2.45) is 0 Å². The third-order valence-electron chi connectivity index (χ3n) is 5.31. The Kier molecular flexibility index (Phi) is 7.55. The minimum atomic E-state index is -5.02. The zero-order chi connectivity index (χ0) is 25.1. The van der Waals surface area contributed by atoms with Crippen LogP contribution >= 0.6 is 0 Å². The highest BCUT2D eigenvalue weighted by Gasteiger charge is 2.37. The SMILES string of the molecule is CCCCO[C@H](C)c1cc2ccccc2cc1C(=O)Nc1cc(C(F)(F)F)cc(C(F)(F)F)c1. The molecule has 0 fully saturated rings. The molecule has 9 heteroatoms. The number of hydrogen-bond donors (Lipinski definition) is 1. The summed E-state index contributed by atoms with van der Waals surface area (Å²) in [4.78, 5) is 13.1. The van der Waals surface area contributed by atoms with Gasteiger partial charge in [-0.3, -0.25) is 4.79 Å². The summed E-state index contributed by atoms with van der Waals surface area (Å²) >= 11 is 0. The molecule has 0 bridgehead atoms. The topological polar surface area (TPSA) is 38.3 Å². The number of rotatable bonds is 7. The van der Waals surface area contributed by atoms with Gasteiger partial charge in [0.25, 0.3) is 5.91 Å². The minimum Gasteiger partial charge on any atom is -0.374 e. The molecule has 34 heavy (non-hydrogen) atoms. The number of unbranched alkanes of at least 4 members (excludes halogenated alkanes) is 1. The average molecular weight is 483 g/mol. The van der Waals surface area contributed by atoms with Gasteiger partial charge in [-0.2, -0.15) is 26.3 Å². The smallest absolute Gasteiger partial charge is 0.374 e. The summed E-state index contributed by atoms with van der Waals surface area (Å²) in [7, 11) is 0. The van der Waals surface area contributed by atoms with Crippen molar-refractivity contribution in [1.82, 2.24) is 0 Å². The summed E-state index contributed by atoms with van der Waals surface area (Å²) < 4.78 is 85.0. The van der Waals surface area contributed by atoms with E-state index in [0.29, 0.717) is 29.7 Å². The number of anilines is 1. The number of carbonyl (C=O) groups is 1. The first-order valence-electron chi connectivity index (χ1n) is 10.6. The minimum absolute atomic E-state index is 0.0146. The van der Waals surface area contributed by atoms with Crippen molar-refractivity contribution in [2.45, 2.75) is 45.1 Å². The van der Waals surface area contributed by atoms with Crippen LogP contribution < -0.4 is 5.32 Å². The van der Waals surface area contributed by atoms with Gasteiger partial charge in [-0.05, 0) is 60.0 Å². The number of carbonyl (C=O) groups excluding carboxylic acids is 1. The third kappa shape index (κ3) is 6.08. The van der Waals surface area contributed by atoms with Gasteiger partial charge in [0.05, 0.1) is 17.2 Å². The van der Waals surface area contributed by atoms with Gasteiger partial charge in [0, 0.05) is 17.9 Å². The first-order valence-corrected chi connectivity index (χ1v) is 10.6. The highest BCUT2D eigenvalue weighted by atomic mass is 19.4. The van der Waals surface area contributed by atoms with Crippen molar-refractivity contribution >= 4 is 22.4 Å². The van der Waals surface area contributed by atoms with Crippen molar-refractivity contribution in [1.29, 1.82) is 0 Å². The molecule has 3 aromatic carbocycles. The number of halogens is 6. The van der Waals surface area contributed by atoms with Gasteiger partial charge in [0.1, 0.15) is 0 Å². The monoisotopic (exact) mass is 483 g/mol. The maximum atomic E-state index is 13.2. The van der Waals surface area contributed by atoms with E-state index >= 15 is 0 Å². The fraction of sp³-hybridized carbons (Fsp3) is 0.320. The predicted molar refractivity (Wildman–Crippen MR) is 118 cm³/mol. The lowest BCUT2D eigenvalue weighted by molar-refractivity contribution is -0.143. The summed E-state index contributed by atoms with van der Waals surface area (Å²) in [5.74, 6) is -0.834. The molecular formula is C25H23F6NO2. The van der Waals surface area contributed by atoms with Gasteiger partial charge in [-0.15, -0.1) is 0 Å². The lowest BCUT2D eigenvalue weighted by atomic mass is 9.97. The Hall–Kier alpha value is -3.07. The fourth-order valence-electron chi connectivity index (χ4n) is 3.51. The normalized spacial score (nSPS) is 13.2. The van der Waals surface area contributed by atoms with Crippen molar-refractivity contribution in [3.05, 3.63) is 76.9 Å². The predicted octanol–water partition coefficient (Wildman–Crippen LogP) is 8.01. The van der Waals surface area contributed by atoms with Crippen LogP contribution in [-0.4, -0.2) is 12.5 Å². The number of alkyl halides is 6. The van der Waals surface area contributed by atoms with Crippen molar-refractivity contribution in [2.75, 3.05) is 11.9 Å². The quantitative estimate of drug-likeness (QED) is 0.273. The molecule has 0 aliphatic rings. The van der Waals surface area contributed by atoms with E-state index in [0.717, 1.165) is 18.2 Å². The van der Waals surface area contributed by atoms with Crippen LogP contribution in [0.3, 0.4) is 0 Å². The summed E-state index contributed by atoms with van der Waals surface area (Å²) in [5.41, 5.74) is -3.03. The summed E-state index contributed by atoms with van der Waals surface area (Å²) in [6.45, 7) is 4.17. The Labute approximate surface area is 192 Å². The highest BCUT2D eigenvalue weighted by molar-refractivity contribution is 6.08. The van der Waals surface area contributed by atoms with Crippen LogP contribution in [0.15, 0.2) is 54.6 Å². The van der Waals surface area contributed by atoms with Gasteiger partial charge in [0.2, 0.25) is 0 Å². The van der Waals surface area contributed by atoms with Crippen LogP contribution in [-0.2, 0) is 17.1 Å². The zero-order valence-electron chi connectivity index (χ0n) is 18.5. The second-order valence-electron chi connectivity index (χ2n) is 7.90. The van der Waals surface area contributed by atoms with E-state index in [2.05, 4.69) is 5.32 Å². The molecule has 182 valence electrons. The van der Waals surface area contributed by atoms with E-state index in [9.17, 15) is 31.1 Å². The van der Waals surface area contributed by atoms with E-state index in [1.807, 2.05) is 19.1 Å². The van der Waals surface area contributed by atoms with Gasteiger partial charge < -0.3 is 10.1 Å². The standard InChI is InChI=1S/C25H23F6NO2/c1-3-4-9-34-15(2)21-10-16-7-5-6-8-17(16)11-22(21)23(33)32-20-13-18(24(26,27)28)12-19(14-20)25(29,30)31/h5-8,10-15H,3-4,9H2,1-2H3,(H,32,33)/t15-/m1/s1. The molecule has 1 amide bonds. The van der Waals surface area contributed by atoms with Crippen molar-refractivity contribution in [3.8, 4) is 0 Å². The second-order valence-corrected chi connectivity index (χ2v) is 7.90. The van der Waals surface area contributed by atoms with Crippen LogP contribution in [0.25, 0.3) is 10.8 Å². The first kappa shape index (κ1) is 25.6. The molecule has 0 aromatic heterocycles. The Morgan fingerprint density at radius 2 is 1.47 bits per heavy atom. The summed E-state index contributed by atoms with van der Waals surface area (Å²) in [6, 6.07) is 11.4. The molecule has 0 spiro atoms. The maximum absolute atomic E-state index is 13.2. The lowest BCUT2D eigenvalue weighted by Crippen LogP contribution is -2.18. The first-order chi connectivity index (χ1) is 15.9. The molecular weight excluding hydrogens is 460 g/mol. The molecule has 3 rings (SSSR count). The molecule has 1 atom stereocenters. The Morgan fingerprint density at radius 3 is 2.00 bits per heavy atom. The number of nitrogens with one attached hydrogen (secondary N) is 1. The Bertz CT molecular complexity index is 1140. The van der Waals surface area contributed by atoms with Crippen LogP contribution in [0.1, 0.15) is 59.8 Å². The summed E-state index contributed by atoms with van der Waals surface area (Å²) in [6.07, 6.45) is -8.87. The highest BCUT2D eigenvalue weighted by Crippen LogP contribution is 2.38. The molecule has 3 aromatic rings. The Morgan fingerprint density at radius 1 is 0.912 bits per heavy atom. The molecule has 0 saturated carbocycles. The molecule has 0 aliphatic heterocycles. The van der Waals surface area contributed by atoms with Gasteiger partial charge in [-0.25, -0.2) is 0 Å². The molecule has 0 saturated heterocycles. The van der Waals surface area contributed by atoms with E-state index in [1.54, 1.807) is 31.2 Å². The van der Waals surface area contributed by atoms with Crippen LogP contribution in [0.4, 0.5) is 32.0 Å². The van der Waals surface area contributed by atoms with Crippen LogP contribution in [0.2, 0.25) is 0 Å². The van der Waals surface area contributed by atoms with E-state index in [4.69, 9.17) is 4.74 Å². The molecule has 0 radical (unpaired) electrons. The fourth-order valence-corrected chi connectivity index (χ4v) is 3.51. The molecule has 3 nitrogen and oxygen atoms in total.